The lowest BCUT2D eigenvalue weighted by Gasteiger charge is -2.13. The monoisotopic (exact) mass is 307 g/mol. The van der Waals surface area contributed by atoms with Crippen LogP contribution in [0.5, 0.6) is 11.5 Å². The fourth-order valence-electron chi connectivity index (χ4n) is 2.13. The predicted molar refractivity (Wildman–Crippen MR) is 84.9 cm³/mol. The van der Waals surface area contributed by atoms with Gasteiger partial charge in [0.05, 0.1) is 0 Å². The lowest BCUT2D eigenvalue weighted by atomic mass is 10.1. The van der Waals surface area contributed by atoms with Gasteiger partial charge in [-0.2, -0.15) is 0 Å². The molecule has 1 N–H and O–H groups in total. The highest BCUT2D eigenvalue weighted by molar-refractivity contribution is 6.32. The molecule has 2 aromatic carbocycles. The Morgan fingerprint density at radius 2 is 1.76 bits per heavy atom. The van der Waals surface area contributed by atoms with Gasteiger partial charge in [0.1, 0.15) is 5.75 Å². The maximum Gasteiger partial charge on any atom is 0.166 e. The normalized spacial score (nSPS) is 12.3. The van der Waals surface area contributed by atoms with E-state index >= 15 is 0 Å². The molecule has 2 aromatic rings. The minimum Gasteiger partial charge on any atom is -0.454 e. The van der Waals surface area contributed by atoms with Gasteiger partial charge in [0.15, 0.2) is 11.6 Å². The number of aryl methyl sites for hydroxylation is 2. The molecule has 0 saturated carbocycles. The summed E-state index contributed by atoms with van der Waals surface area (Å²) in [5, 5.41) is 3.79. The van der Waals surface area contributed by atoms with Crippen LogP contribution in [-0.2, 0) is 0 Å². The van der Waals surface area contributed by atoms with Crippen molar-refractivity contribution in [1.82, 2.24) is 5.32 Å². The van der Waals surface area contributed by atoms with Gasteiger partial charge < -0.3 is 10.1 Å². The third-order valence-corrected chi connectivity index (χ3v) is 4.12. The number of hydrogen-bond donors (Lipinski definition) is 1. The SMILES string of the molecule is CNC(C)c1ccc(Oc2cc(C)c(Cl)c(C)c2)c(F)c1. The van der Waals surface area contributed by atoms with Crippen molar-refractivity contribution in [3.05, 3.63) is 57.9 Å². The first-order chi connectivity index (χ1) is 9.92. The van der Waals surface area contributed by atoms with Crippen molar-refractivity contribution in [1.29, 1.82) is 0 Å². The quantitative estimate of drug-likeness (QED) is 0.841. The molecule has 4 heteroatoms. The third kappa shape index (κ3) is 3.55. The van der Waals surface area contributed by atoms with E-state index in [-0.39, 0.29) is 17.6 Å². The van der Waals surface area contributed by atoms with Crippen molar-refractivity contribution < 1.29 is 9.13 Å². The summed E-state index contributed by atoms with van der Waals surface area (Å²) in [4.78, 5) is 0. The maximum absolute atomic E-state index is 14.1. The Bertz CT molecular complexity index is 634. The van der Waals surface area contributed by atoms with E-state index < -0.39 is 0 Å². The van der Waals surface area contributed by atoms with Crippen molar-refractivity contribution in [2.75, 3.05) is 7.05 Å². The van der Waals surface area contributed by atoms with Crippen LogP contribution in [0.15, 0.2) is 30.3 Å². The second-order valence-corrected chi connectivity index (χ2v) is 5.55. The molecule has 21 heavy (non-hydrogen) atoms. The summed E-state index contributed by atoms with van der Waals surface area (Å²) < 4.78 is 19.8. The summed E-state index contributed by atoms with van der Waals surface area (Å²) >= 11 is 6.12. The second kappa shape index (κ2) is 6.46. The molecule has 0 aliphatic carbocycles. The largest absolute Gasteiger partial charge is 0.454 e. The predicted octanol–water partition coefficient (Wildman–Crippen LogP) is 5.17. The van der Waals surface area contributed by atoms with Crippen molar-refractivity contribution in [3.8, 4) is 11.5 Å². The van der Waals surface area contributed by atoms with E-state index in [2.05, 4.69) is 5.32 Å². The topological polar surface area (TPSA) is 21.3 Å². The molecule has 0 aromatic heterocycles. The summed E-state index contributed by atoms with van der Waals surface area (Å²) in [5.74, 6) is 0.422. The molecule has 0 fully saturated rings. The molecule has 0 amide bonds. The number of hydrogen-bond acceptors (Lipinski definition) is 2. The average molecular weight is 308 g/mol. The van der Waals surface area contributed by atoms with Crippen LogP contribution in [0.4, 0.5) is 4.39 Å². The van der Waals surface area contributed by atoms with Crippen molar-refractivity contribution in [3.63, 3.8) is 0 Å². The highest BCUT2D eigenvalue weighted by Crippen LogP contribution is 2.31. The minimum atomic E-state index is -0.375. The average Bonchev–Trinajstić information content (AvgIpc) is 2.46. The molecule has 0 bridgehead atoms. The summed E-state index contributed by atoms with van der Waals surface area (Å²) in [6.07, 6.45) is 0. The molecule has 0 aliphatic rings. The highest BCUT2D eigenvalue weighted by atomic mass is 35.5. The number of rotatable bonds is 4. The number of ether oxygens (including phenoxy) is 1. The van der Waals surface area contributed by atoms with E-state index in [0.717, 1.165) is 16.7 Å². The van der Waals surface area contributed by atoms with E-state index in [1.54, 1.807) is 18.2 Å². The Morgan fingerprint density at radius 3 is 2.29 bits per heavy atom. The van der Waals surface area contributed by atoms with Gasteiger partial charge in [0.25, 0.3) is 0 Å². The lowest BCUT2D eigenvalue weighted by Crippen LogP contribution is -2.12. The molecule has 2 rings (SSSR count). The molecule has 0 heterocycles. The van der Waals surface area contributed by atoms with E-state index in [0.29, 0.717) is 10.8 Å². The van der Waals surface area contributed by atoms with Gasteiger partial charge >= 0.3 is 0 Å². The Labute approximate surface area is 129 Å². The Balaban J connectivity index is 2.28. The number of nitrogens with one attached hydrogen (secondary N) is 1. The van der Waals surface area contributed by atoms with Crippen LogP contribution >= 0.6 is 11.6 Å². The first-order valence-corrected chi connectivity index (χ1v) is 7.21. The fourth-order valence-corrected chi connectivity index (χ4v) is 2.24. The Hall–Kier alpha value is -1.58. The van der Waals surface area contributed by atoms with Crippen LogP contribution in [0, 0.1) is 19.7 Å². The lowest BCUT2D eigenvalue weighted by molar-refractivity contribution is 0.440. The zero-order chi connectivity index (χ0) is 15.6. The van der Waals surface area contributed by atoms with Crippen LogP contribution in [0.3, 0.4) is 0 Å². The molecule has 0 saturated heterocycles. The highest BCUT2D eigenvalue weighted by Gasteiger charge is 2.11. The van der Waals surface area contributed by atoms with Gasteiger partial charge in [-0.3, -0.25) is 0 Å². The number of halogens is 2. The second-order valence-electron chi connectivity index (χ2n) is 5.17. The van der Waals surface area contributed by atoms with Crippen molar-refractivity contribution in [2.24, 2.45) is 0 Å². The third-order valence-electron chi connectivity index (χ3n) is 3.53. The zero-order valence-electron chi connectivity index (χ0n) is 12.6. The van der Waals surface area contributed by atoms with Gasteiger partial charge in [0, 0.05) is 11.1 Å². The standard InChI is InChI=1S/C17H19ClFNO/c1-10-7-14(8-11(2)17(10)18)21-16-6-5-13(9-15(16)19)12(3)20-4/h5-9,12,20H,1-4H3. The molecule has 112 valence electrons. The van der Waals surface area contributed by atoms with E-state index in [4.69, 9.17) is 16.3 Å². The summed E-state index contributed by atoms with van der Waals surface area (Å²) in [6.45, 7) is 5.77. The summed E-state index contributed by atoms with van der Waals surface area (Å²) in [7, 11) is 1.84. The number of benzene rings is 2. The molecule has 1 unspecified atom stereocenters. The van der Waals surface area contributed by atoms with Crippen molar-refractivity contribution in [2.45, 2.75) is 26.8 Å². The van der Waals surface area contributed by atoms with Crippen LogP contribution in [0.2, 0.25) is 5.02 Å². The minimum absolute atomic E-state index is 0.0913. The molecule has 0 spiro atoms. The van der Waals surface area contributed by atoms with Crippen LogP contribution < -0.4 is 10.1 Å². The summed E-state index contributed by atoms with van der Waals surface area (Å²) in [5.41, 5.74) is 2.70. The fraction of sp³-hybridized carbons (Fsp3) is 0.294. The zero-order valence-corrected chi connectivity index (χ0v) is 13.4. The molecule has 0 aliphatic heterocycles. The van der Waals surface area contributed by atoms with Crippen LogP contribution in [0.25, 0.3) is 0 Å². The molecule has 0 radical (unpaired) electrons. The van der Waals surface area contributed by atoms with Gasteiger partial charge in [-0.25, -0.2) is 4.39 Å². The van der Waals surface area contributed by atoms with Gasteiger partial charge in [-0.1, -0.05) is 17.7 Å². The smallest absolute Gasteiger partial charge is 0.166 e. The molecular formula is C17H19ClFNO. The van der Waals surface area contributed by atoms with Crippen molar-refractivity contribution >= 4 is 11.6 Å². The van der Waals surface area contributed by atoms with Gasteiger partial charge in [-0.15, -0.1) is 0 Å². The van der Waals surface area contributed by atoms with E-state index in [1.807, 2.05) is 33.9 Å². The van der Waals surface area contributed by atoms with Crippen LogP contribution in [-0.4, -0.2) is 7.05 Å². The Morgan fingerprint density at radius 1 is 1.14 bits per heavy atom. The Kier molecular flexibility index (Phi) is 4.86. The summed E-state index contributed by atoms with van der Waals surface area (Å²) in [6, 6.07) is 8.70. The maximum atomic E-state index is 14.1. The first-order valence-electron chi connectivity index (χ1n) is 6.83. The molecular weight excluding hydrogens is 289 g/mol. The van der Waals surface area contributed by atoms with E-state index in [1.165, 1.54) is 6.07 Å². The molecule has 2 nitrogen and oxygen atoms in total. The van der Waals surface area contributed by atoms with Gasteiger partial charge in [0.2, 0.25) is 0 Å². The van der Waals surface area contributed by atoms with E-state index in [9.17, 15) is 4.39 Å². The molecule has 1 atom stereocenters. The first kappa shape index (κ1) is 15.8. The van der Waals surface area contributed by atoms with Gasteiger partial charge in [-0.05, 0) is 68.8 Å². The van der Waals surface area contributed by atoms with Crippen LogP contribution in [0.1, 0.15) is 29.7 Å².